The van der Waals surface area contributed by atoms with Crippen molar-refractivity contribution in [3.63, 3.8) is 0 Å². The van der Waals surface area contributed by atoms with Crippen LogP contribution in [0, 0.1) is 0 Å². The number of ether oxygens (including phenoxy) is 1. The summed E-state index contributed by atoms with van der Waals surface area (Å²) in [6.07, 6.45) is -4.67. The third kappa shape index (κ3) is 5.82. The number of hydrogen-bond acceptors (Lipinski definition) is 3. The number of halogens is 3. The molecule has 0 aliphatic rings. The molecule has 0 saturated carbocycles. The van der Waals surface area contributed by atoms with Gasteiger partial charge in [0.1, 0.15) is 13.1 Å². The lowest BCUT2D eigenvalue weighted by Gasteiger charge is -2.22. The summed E-state index contributed by atoms with van der Waals surface area (Å²) in [6, 6.07) is 5.84. The van der Waals surface area contributed by atoms with E-state index in [1.165, 1.54) is 25.3 Å². The van der Waals surface area contributed by atoms with Gasteiger partial charge in [-0.25, -0.2) is 0 Å². The third-order valence-corrected chi connectivity index (χ3v) is 2.47. The first-order valence-corrected chi connectivity index (χ1v) is 5.88. The Hall–Kier alpha value is -2.09. The summed E-state index contributed by atoms with van der Waals surface area (Å²) >= 11 is 0. The summed E-state index contributed by atoms with van der Waals surface area (Å²) in [7, 11) is 1.44. The number of nitrogens with zero attached hydrogens (tertiary/aromatic N) is 1. The molecular formula is C13H14F3NO4. The van der Waals surface area contributed by atoms with E-state index in [0.717, 1.165) is 0 Å². The van der Waals surface area contributed by atoms with Gasteiger partial charge in [0.05, 0.1) is 6.61 Å². The number of carboxylic acid groups (broad SMARTS) is 1. The summed E-state index contributed by atoms with van der Waals surface area (Å²) in [6.45, 7) is -2.45. The number of benzene rings is 1. The van der Waals surface area contributed by atoms with E-state index < -0.39 is 31.1 Å². The number of alkyl halides is 3. The summed E-state index contributed by atoms with van der Waals surface area (Å²) < 4.78 is 42.1. The second-order valence-electron chi connectivity index (χ2n) is 4.30. The molecule has 0 saturated heterocycles. The van der Waals surface area contributed by atoms with Crippen LogP contribution in [0.25, 0.3) is 0 Å². The van der Waals surface area contributed by atoms with E-state index in [9.17, 15) is 22.8 Å². The molecule has 0 atom stereocenters. The highest BCUT2D eigenvalue weighted by atomic mass is 19.4. The van der Waals surface area contributed by atoms with Crippen molar-refractivity contribution in [3.8, 4) is 0 Å². The average molecular weight is 305 g/mol. The SMILES string of the molecule is COCc1cccc(C(=O)N(CC(=O)O)CC(F)(F)F)c1. The molecule has 5 nitrogen and oxygen atoms in total. The van der Waals surface area contributed by atoms with Crippen LogP contribution in [0.1, 0.15) is 15.9 Å². The Morgan fingerprint density at radius 3 is 2.52 bits per heavy atom. The summed E-state index contributed by atoms with van der Waals surface area (Å²) in [5.41, 5.74) is 0.584. The number of carbonyl (C=O) groups excluding carboxylic acids is 1. The third-order valence-electron chi connectivity index (χ3n) is 2.47. The van der Waals surface area contributed by atoms with E-state index in [1.807, 2.05) is 0 Å². The molecule has 1 amide bonds. The van der Waals surface area contributed by atoms with Crippen LogP contribution in [0.4, 0.5) is 13.2 Å². The van der Waals surface area contributed by atoms with Crippen molar-refractivity contribution >= 4 is 11.9 Å². The van der Waals surface area contributed by atoms with E-state index in [1.54, 1.807) is 6.07 Å². The molecular weight excluding hydrogens is 291 g/mol. The van der Waals surface area contributed by atoms with Gasteiger partial charge in [0.25, 0.3) is 5.91 Å². The fraction of sp³-hybridized carbons (Fsp3) is 0.385. The first kappa shape index (κ1) is 17.0. The number of carbonyl (C=O) groups is 2. The highest BCUT2D eigenvalue weighted by Gasteiger charge is 2.34. The van der Waals surface area contributed by atoms with Crippen LogP contribution in [0.5, 0.6) is 0 Å². The minimum Gasteiger partial charge on any atom is -0.480 e. The lowest BCUT2D eigenvalue weighted by molar-refractivity contribution is -0.149. The zero-order chi connectivity index (χ0) is 16.0. The lowest BCUT2D eigenvalue weighted by atomic mass is 10.1. The van der Waals surface area contributed by atoms with Gasteiger partial charge in [-0.15, -0.1) is 0 Å². The molecule has 0 radical (unpaired) electrons. The predicted octanol–water partition coefficient (Wildman–Crippen LogP) is 1.92. The Bertz CT molecular complexity index is 516. The first-order valence-electron chi connectivity index (χ1n) is 5.88. The second kappa shape index (κ2) is 7.07. The van der Waals surface area contributed by atoms with Crippen molar-refractivity contribution in [2.24, 2.45) is 0 Å². The van der Waals surface area contributed by atoms with Crippen molar-refractivity contribution in [1.82, 2.24) is 4.90 Å². The Morgan fingerprint density at radius 2 is 2.00 bits per heavy atom. The Balaban J connectivity index is 2.98. The van der Waals surface area contributed by atoms with Crippen molar-refractivity contribution in [2.75, 3.05) is 20.2 Å². The number of rotatable bonds is 6. The zero-order valence-electron chi connectivity index (χ0n) is 11.2. The monoisotopic (exact) mass is 305 g/mol. The molecule has 0 bridgehead atoms. The molecule has 0 spiro atoms. The lowest BCUT2D eigenvalue weighted by Crippen LogP contribution is -2.42. The van der Waals surface area contributed by atoms with E-state index in [-0.39, 0.29) is 17.1 Å². The van der Waals surface area contributed by atoms with Crippen LogP contribution in [0.15, 0.2) is 24.3 Å². The summed E-state index contributed by atoms with van der Waals surface area (Å²) in [4.78, 5) is 22.9. The second-order valence-corrected chi connectivity index (χ2v) is 4.30. The van der Waals surface area contributed by atoms with Gasteiger partial charge in [-0.2, -0.15) is 13.2 Å². The van der Waals surface area contributed by atoms with Crippen LogP contribution in [-0.4, -0.2) is 48.3 Å². The molecule has 1 aromatic carbocycles. The van der Waals surface area contributed by atoms with Gasteiger partial charge >= 0.3 is 12.1 Å². The van der Waals surface area contributed by atoms with Gasteiger partial charge < -0.3 is 14.7 Å². The Kier molecular flexibility index (Phi) is 5.71. The smallest absolute Gasteiger partial charge is 0.406 e. The van der Waals surface area contributed by atoms with Crippen molar-refractivity contribution in [2.45, 2.75) is 12.8 Å². The molecule has 0 heterocycles. The van der Waals surface area contributed by atoms with Gasteiger partial charge in [0, 0.05) is 12.7 Å². The van der Waals surface area contributed by atoms with Crippen molar-refractivity contribution in [1.29, 1.82) is 0 Å². The molecule has 0 unspecified atom stereocenters. The standard InChI is InChI=1S/C13H14F3NO4/c1-21-7-9-3-2-4-10(5-9)12(20)17(6-11(18)19)8-13(14,15)16/h2-5H,6-8H2,1H3,(H,18,19). The quantitative estimate of drug-likeness (QED) is 0.872. The normalized spacial score (nSPS) is 11.2. The zero-order valence-corrected chi connectivity index (χ0v) is 11.2. The average Bonchev–Trinajstić information content (AvgIpc) is 2.35. The van der Waals surface area contributed by atoms with Gasteiger partial charge in [0.2, 0.25) is 0 Å². The van der Waals surface area contributed by atoms with E-state index in [0.29, 0.717) is 5.56 Å². The Labute approximate surface area is 118 Å². The predicted molar refractivity (Wildman–Crippen MR) is 66.7 cm³/mol. The summed E-state index contributed by atoms with van der Waals surface area (Å²) in [5, 5.41) is 8.63. The Morgan fingerprint density at radius 1 is 1.33 bits per heavy atom. The van der Waals surface area contributed by atoms with E-state index >= 15 is 0 Å². The molecule has 0 fully saturated rings. The fourth-order valence-corrected chi connectivity index (χ4v) is 1.72. The molecule has 8 heteroatoms. The minimum atomic E-state index is -4.67. The van der Waals surface area contributed by atoms with Crippen LogP contribution in [-0.2, 0) is 16.1 Å². The number of carboxylic acids is 1. The molecule has 0 aliphatic heterocycles. The molecule has 0 aliphatic carbocycles. The van der Waals surface area contributed by atoms with Crippen LogP contribution < -0.4 is 0 Å². The van der Waals surface area contributed by atoms with Gasteiger partial charge in [-0.05, 0) is 17.7 Å². The molecule has 21 heavy (non-hydrogen) atoms. The molecule has 1 rings (SSSR count). The number of amides is 1. The maximum atomic E-state index is 12.4. The van der Waals surface area contributed by atoms with Gasteiger partial charge in [-0.1, -0.05) is 12.1 Å². The van der Waals surface area contributed by atoms with E-state index in [4.69, 9.17) is 9.84 Å². The number of hydrogen-bond donors (Lipinski definition) is 1. The largest absolute Gasteiger partial charge is 0.480 e. The van der Waals surface area contributed by atoms with Crippen LogP contribution >= 0.6 is 0 Å². The van der Waals surface area contributed by atoms with Crippen molar-refractivity contribution in [3.05, 3.63) is 35.4 Å². The molecule has 116 valence electrons. The minimum absolute atomic E-state index is 0.0185. The van der Waals surface area contributed by atoms with Crippen LogP contribution in [0.3, 0.4) is 0 Å². The number of aliphatic carboxylic acids is 1. The van der Waals surface area contributed by atoms with Crippen LogP contribution in [0.2, 0.25) is 0 Å². The number of methoxy groups -OCH3 is 1. The fourth-order valence-electron chi connectivity index (χ4n) is 1.72. The van der Waals surface area contributed by atoms with E-state index in [2.05, 4.69) is 0 Å². The maximum Gasteiger partial charge on any atom is 0.406 e. The summed E-state index contributed by atoms with van der Waals surface area (Å²) in [5.74, 6) is -2.51. The topological polar surface area (TPSA) is 66.8 Å². The molecule has 1 aromatic rings. The van der Waals surface area contributed by atoms with Gasteiger partial charge in [-0.3, -0.25) is 9.59 Å². The molecule has 1 N–H and O–H groups in total. The first-order chi connectivity index (χ1) is 9.73. The molecule has 0 aromatic heterocycles. The highest BCUT2D eigenvalue weighted by Crippen LogP contribution is 2.18. The highest BCUT2D eigenvalue weighted by molar-refractivity contribution is 5.96. The maximum absolute atomic E-state index is 12.4. The van der Waals surface area contributed by atoms with Gasteiger partial charge in [0.15, 0.2) is 0 Å². The van der Waals surface area contributed by atoms with Crippen molar-refractivity contribution < 1.29 is 32.6 Å².